The van der Waals surface area contributed by atoms with Crippen molar-refractivity contribution in [1.29, 1.82) is 0 Å². The number of hydrogen-bond acceptors (Lipinski definition) is 5. The first-order valence-corrected chi connectivity index (χ1v) is 10.1. The Kier molecular flexibility index (Phi) is 4.71. The molecule has 2 fully saturated rings. The molecular weight excluding hydrogens is 366 g/mol. The van der Waals surface area contributed by atoms with E-state index < -0.39 is 0 Å². The lowest BCUT2D eigenvalue weighted by molar-refractivity contribution is 0.0770. The minimum atomic E-state index is -0.0271. The average molecular weight is 389 g/mol. The van der Waals surface area contributed by atoms with Gasteiger partial charge in [-0.05, 0) is 36.0 Å². The minimum absolute atomic E-state index is 0.0271. The summed E-state index contributed by atoms with van der Waals surface area (Å²) in [6.07, 6.45) is 8.38. The van der Waals surface area contributed by atoms with Crippen LogP contribution in [0, 0.1) is 0 Å². The summed E-state index contributed by atoms with van der Waals surface area (Å²) < 4.78 is 7.76. The van der Waals surface area contributed by atoms with Gasteiger partial charge in [0.15, 0.2) is 0 Å². The van der Waals surface area contributed by atoms with Crippen molar-refractivity contribution in [2.24, 2.45) is 0 Å². The number of ether oxygens (including phenoxy) is 1. The van der Waals surface area contributed by atoms with Crippen LogP contribution in [-0.4, -0.2) is 49.7 Å². The topological polar surface area (TPSA) is 73.1 Å². The zero-order chi connectivity index (χ0) is 19.6. The molecule has 1 amide bonds. The third-order valence-electron chi connectivity index (χ3n) is 5.57. The average Bonchev–Trinajstić information content (AvgIpc) is 3.27. The van der Waals surface area contributed by atoms with Crippen molar-refractivity contribution in [1.82, 2.24) is 24.6 Å². The molecule has 0 radical (unpaired) electrons. The summed E-state index contributed by atoms with van der Waals surface area (Å²) in [4.78, 5) is 23.4. The molecule has 1 saturated heterocycles. The van der Waals surface area contributed by atoms with Crippen LogP contribution in [0.2, 0.25) is 0 Å². The van der Waals surface area contributed by atoms with Crippen LogP contribution >= 0.6 is 0 Å². The van der Waals surface area contributed by atoms with Gasteiger partial charge in [-0.2, -0.15) is 5.10 Å². The van der Waals surface area contributed by atoms with E-state index in [-0.39, 0.29) is 12.0 Å². The third-order valence-corrected chi connectivity index (χ3v) is 5.57. The maximum atomic E-state index is 13.1. The molecule has 148 valence electrons. The van der Waals surface area contributed by atoms with E-state index in [0.717, 1.165) is 12.0 Å². The number of carbonyl (C=O) groups excluding carboxylic acids is 1. The number of aromatic nitrogens is 4. The molecule has 3 aromatic rings. The summed E-state index contributed by atoms with van der Waals surface area (Å²) in [6, 6.07) is 11.7. The first-order chi connectivity index (χ1) is 14.3. The molecule has 7 nitrogen and oxygen atoms in total. The maximum absolute atomic E-state index is 13.1. The lowest BCUT2D eigenvalue weighted by atomic mass is 10.1. The van der Waals surface area contributed by atoms with Crippen molar-refractivity contribution in [2.45, 2.75) is 37.8 Å². The molecule has 5 rings (SSSR count). The number of pyridine rings is 1. The van der Waals surface area contributed by atoms with Gasteiger partial charge >= 0.3 is 0 Å². The highest BCUT2D eigenvalue weighted by molar-refractivity contribution is 5.95. The Balaban J connectivity index is 1.23. The van der Waals surface area contributed by atoms with Gasteiger partial charge < -0.3 is 9.64 Å². The monoisotopic (exact) mass is 389 g/mol. The number of hydrogen-bond donors (Lipinski definition) is 0. The standard InChI is InChI=1S/C22H23N5O2/c28-22(20-4-2-1-3-18(20)12-27-15-23-14-25-27)26-10-9-19(13-26)29-21-8-7-17(11-24-21)16-5-6-16/h1-4,7-8,11,14-16,19H,5-6,9-10,12-13H2. The van der Waals surface area contributed by atoms with E-state index in [1.807, 2.05) is 41.4 Å². The third kappa shape index (κ3) is 3.99. The van der Waals surface area contributed by atoms with Crippen LogP contribution in [-0.2, 0) is 6.54 Å². The fraction of sp³-hybridized carbons (Fsp3) is 0.364. The molecule has 2 aliphatic rings. The molecule has 0 spiro atoms. The second kappa shape index (κ2) is 7.66. The highest BCUT2D eigenvalue weighted by Crippen LogP contribution is 2.39. The zero-order valence-corrected chi connectivity index (χ0v) is 16.1. The van der Waals surface area contributed by atoms with Crippen LogP contribution in [0.25, 0.3) is 0 Å². The van der Waals surface area contributed by atoms with Gasteiger partial charge in [-0.1, -0.05) is 24.3 Å². The molecule has 1 atom stereocenters. The Hall–Kier alpha value is -3.22. The van der Waals surface area contributed by atoms with E-state index in [0.29, 0.717) is 37.0 Å². The molecule has 2 aromatic heterocycles. The smallest absolute Gasteiger partial charge is 0.254 e. The fourth-order valence-corrected chi connectivity index (χ4v) is 3.83. The Morgan fingerprint density at radius 1 is 1.14 bits per heavy atom. The first-order valence-electron chi connectivity index (χ1n) is 10.1. The van der Waals surface area contributed by atoms with Crippen LogP contribution < -0.4 is 4.74 Å². The molecule has 1 aliphatic carbocycles. The highest BCUT2D eigenvalue weighted by Gasteiger charge is 2.30. The lowest BCUT2D eigenvalue weighted by Gasteiger charge is -2.19. The predicted molar refractivity (Wildman–Crippen MR) is 107 cm³/mol. The van der Waals surface area contributed by atoms with E-state index in [1.165, 1.54) is 24.7 Å². The van der Waals surface area contributed by atoms with Crippen LogP contribution in [0.5, 0.6) is 5.88 Å². The number of carbonyl (C=O) groups is 1. The molecule has 1 unspecified atom stereocenters. The van der Waals surface area contributed by atoms with Gasteiger partial charge in [-0.15, -0.1) is 0 Å². The van der Waals surface area contributed by atoms with E-state index in [2.05, 4.69) is 21.1 Å². The molecule has 1 saturated carbocycles. The molecule has 29 heavy (non-hydrogen) atoms. The second-order valence-electron chi connectivity index (χ2n) is 7.73. The maximum Gasteiger partial charge on any atom is 0.254 e. The minimum Gasteiger partial charge on any atom is -0.472 e. The van der Waals surface area contributed by atoms with Gasteiger partial charge in [-0.25, -0.2) is 14.6 Å². The summed E-state index contributed by atoms with van der Waals surface area (Å²) >= 11 is 0. The van der Waals surface area contributed by atoms with E-state index >= 15 is 0 Å². The van der Waals surface area contributed by atoms with Crippen LogP contribution in [0.1, 0.15) is 46.7 Å². The molecule has 7 heteroatoms. The number of nitrogens with zero attached hydrogens (tertiary/aromatic N) is 5. The van der Waals surface area contributed by atoms with Crippen LogP contribution in [0.3, 0.4) is 0 Å². The van der Waals surface area contributed by atoms with Gasteiger partial charge in [0, 0.05) is 30.8 Å². The Labute approximate surface area is 169 Å². The lowest BCUT2D eigenvalue weighted by Crippen LogP contribution is -2.31. The van der Waals surface area contributed by atoms with Crippen molar-refractivity contribution in [3.05, 3.63) is 71.9 Å². The van der Waals surface area contributed by atoms with Crippen molar-refractivity contribution >= 4 is 5.91 Å². The molecule has 1 aromatic carbocycles. The fourth-order valence-electron chi connectivity index (χ4n) is 3.83. The van der Waals surface area contributed by atoms with Gasteiger partial charge in [0.25, 0.3) is 5.91 Å². The molecule has 0 bridgehead atoms. The SMILES string of the molecule is O=C(c1ccccc1Cn1cncn1)N1CCC(Oc2ccc(C3CC3)cn2)C1. The van der Waals surface area contributed by atoms with Crippen molar-refractivity contribution in [2.75, 3.05) is 13.1 Å². The first kappa shape index (κ1) is 17.8. The molecule has 1 aliphatic heterocycles. The number of amides is 1. The quantitative estimate of drug-likeness (QED) is 0.648. The van der Waals surface area contributed by atoms with E-state index in [1.54, 1.807) is 11.0 Å². The summed E-state index contributed by atoms with van der Waals surface area (Å²) in [5.41, 5.74) is 2.94. The number of likely N-dealkylation sites (tertiary alicyclic amines) is 1. The van der Waals surface area contributed by atoms with Crippen LogP contribution in [0.4, 0.5) is 0 Å². The Bertz CT molecular complexity index is 983. The summed E-state index contributed by atoms with van der Waals surface area (Å²) in [5, 5.41) is 4.14. The van der Waals surface area contributed by atoms with Crippen LogP contribution in [0.15, 0.2) is 55.2 Å². The number of benzene rings is 1. The number of rotatable bonds is 6. The highest BCUT2D eigenvalue weighted by atomic mass is 16.5. The van der Waals surface area contributed by atoms with E-state index in [9.17, 15) is 4.79 Å². The summed E-state index contributed by atoms with van der Waals surface area (Å²) in [6.45, 7) is 1.77. The van der Waals surface area contributed by atoms with Gasteiger partial charge in [-0.3, -0.25) is 4.79 Å². The van der Waals surface area contributed by atoms with Gasteiger partial charge in [0.05, 0.1) is 13.1 Å². The Morgan fingerprint density at radius 2 is 2.03 bits per heavy atom. The van der Waals surface area contributed by atoms with Crippen molar-refractivity contribution < 1.29 is 9.53 Å². The molecule has 0 N–H and O–H groups in total. The second-order valence-corrected chi connectivity index (χ2v) is 7.73. The predicted octanol–water partition coefficient (Wildman–Crippen LogP) is 2.89. The molecule has 3 heterocycles. The van der Waals surface area contributed by atoms with E-state index in [4.69, 9.17) is 4.74 Å². The Morgan fingerprint density at radius 3 is 2.79 bits per heavy atom. The molecular formula is C22H23N5O2. The van der Waals surface area contributed by atoms with Gasteiger partial charge in [0.1, 0.15) is 18.8 Å². The van der Waals surface area contributed by atoms with Crippen molar-refractivity contribution in [3.8, 4) is 5.88 Å². The largest absolute Gasteiger partial charge is 0.472 e. The van der Waals surface area contributed by atoms with Crippen molar-refractivity contribution in [3.63, 3.8) is 0 Å². The summed E-state index contributed by atoms with van der Waals surface area (Å²) in [7, 11) is 0. The normalized spacial score (nSPS) is 18.8. The summed E-state index contributed by atoms with van der Waals surface area (Å²) in [5.74, 6) is 1.36. The van der Waals surface area contributed by atoms with Gasteiger partial charge in [0.2, 0.25) is 5.88 Å². The zero-order valence-electron chi connectivity index (χ0n) is 16.1.